The number of benzene rings is 1. The van der Waals surface area contributed by atoms with Gasteiger partial charge >= 0.3 is 0 Å². The molecule has 0 saturated carbocycles. The minimum Gasteiger partial charge on any atom is -0.307 e. The fourth-order valence-corrected chi connectivity index (χ4v) is 0.932. The Morgan fingerprint density at radius 2 is 2.00 bits per heavy atom. The normalized spacial score (nSPS) is 8.18. The second-order valence-electron chi connectivity index (χ2n) is 2.34. The largest absolute Gasteiger partial charge is 0.307 e. The van der Waals surface area contributed by atoms with E-state index in [0.717, 1.165) is 6.42 Å². The number of hydrogen-bond acceptors (Lipinski definition) is 1. The van der Waals surface area contributed by atoms with Crippen molar-refractivity contribution in [1.29, 1.82) is 0 Å². The number of carbonyl (C=O) groups is 1. The summed E-state index contributed by atoms with van der Waals surface area (Å²) in [5, 5.41) is 0. The van der Waals surface area contributed by atoms with Crippen LogP contribution in [0.2, 0.25) is 0 Å². The lowest BCUT2D eigenvalue weighted by Gasteiger charge is -1.95. The van der Waals surface area contributed by atoms with E-state index in [-0.39, 0.29) is 0 Å². The Morgan fingerprint density at radius 1 is 1.36 bits per heavy atom. The number of hydrogen-bond donors (Lipinski definition) is 0. The minimum absolute atomic E-state index is 1.14. The molecule has 0 aliphatic rings. The molecule has 0 fully saturated rings. The van der Waals surface area contributed by atoms with Crippen LogP contribution < -0.4 is 0 Å². The maximum absolute atomic E-state index is 8.00. The van der Waals surface area contributed by atoms with E-state index in [9.17, 15) is 0 Å². The average molecular weight is 150 g/mol. The van der Waals surface area contributed by atoms with Crippen molar-refractivity contribution in [2.75, 3.05) is 0 Å². The van der Waals surface area contributed by atoms with E-state index < -0.39 is 0 Å². The number of rotatable bonds is 1. The smallest absolute Gasteiger partial charge is 0.106 e. The summed E-state index contributed by atoms with van der Waals surface area (Å²) >= 11 is 0. The maximum Gasteiger partial charge on any atom is 0.106 e. The zero-order valence-corrected chi connectivity index (χ0v) is 7.13. The highest BCUT2D eigenvalue weighted by Gasteiger charge is 1.85. The molecule has 1 nitrogen and oxygen atoms in total. The van der Waals surface area contributed by atoms with E-state index in [1.165, 1.54) is 11.1 Å². The zero-order valence-electron chi connectivity index (χ0n) is 7.13. The Kier molecular flexibility index (Phi) is 5.09. The molecule has 0 radical (unpaired) electrons. The minimum atomic E-state index is 1.14. The van der Waals surface area contributed by atoms with Gasteiger partial charge in [-0.1, -0.05) is 36.8 Å². The van der Waals surface area contributed by atoms with Crippen molar-refractivity contribution >= 4 is 6.79 Å². The third-order valence-corrected chi connectivity index (χ3v) is 1.49. The molecule has 0 unspecified atom stereocenters. The van der Waals surface area contributed by atoms with Crippen molar-refractivity contribution in [3.8, 4) is 0 Å². The van der Waals surface area contributed by atoms with Crippen LogP contribution in [0.1, 0.15) is 18.1 Å². The van der Waals surface area contributed by atoms with E-state index in [1.807, 2.05) is 6.79 Å². The maximum atomic E-state index is 8.00. The summed E-state index contributed by atoms with van der Waals surface area (Å²) < 4.78 is 0. The average Bonchev–Trinajstić information content (AvgIpc) is 2.08. The standard InChI is InChI=1S/C9H12.CH2O/c1-3-9-6-4-5-8(2)7-9;1-2/h4-7H,3H2,1-2H3;1H2. The van der Waals surface area contributed by atoms with Crippen LogP contribution in [-0.2, 0) is 11.2 Å². The molecular weight excluding hydrogens is 136 g/mol. The molecule has 0 N–H and O–H groups in total. The monoisotopic (exact) mass is 150 g/mol. The van der Waals surface area contributed by atoms with E-state index in [0.29, 0.717) is 0 Å². The Morgan fingerprint density at radius 3 is 2.36 bits per heavy atom. The summed E-state index contributed by atoms with van der Waals surface area (Å²) in [4.78, 5) is 8.00. The van der Waals surface area contributed by atoms with Gasteiger partial charge in [0.2, 0.25) is 0 Å². The molecule has 0 heterocycles. The van der Waals surface area contributed by atoms with Crippen molar-refractivity contribution in [2.45, 2.75) is 20.3 Å². The van der Waals surface area contributed by atoms with Gasteiger partial charge in [0.25, 0.3) is 0 Å². The Labute approximate surface area is 68.1 Å². The van der Waals surface area contributed by atoms with Gasteiger partial charge in [-0.2, -0.15) is 0 Å². The fraction of sp³-hybridized carbons (Fsp3) is 0.300. The van der Waals surface area contributed by atoms with Crippen molar-refractivity contribution in [1.82, 2.24) is 0 Å². The molecule has 1 rings (SSSR count). The molecule has 1 aromatic rings. The van der Waals surface area contributed by atoms with Crippen LogP contribution in [0.4, 0.5) is 0 Å². The lowest BCUT2D eigenvalue weighted by atomic mass is 10.1. The first kappa shape index (κ1) is 9.89. The Hall–Kier alpha value is -1.11. The second-order valence-corrected chi connectivity index (χ2v) is 2.34. The molecule has 0 aliphatic heterocycles. The van der Waals surface area contributed by atoms with Crippen molar-refractivity contribution in [2.24, 2.45) is 0 Å². The van der Waals surface area contributed by atoms with Crippen LogP contribution in [0.3, 0.4) is 0 Å². The quantitative estimate of drug-likeness (QED) is 0.600. The fourth-order valence-electron chi connectivity index (χ4n) is 0.932. The van der Waals surface area contributed by atoms with Crippen molar-refractivity contribution < 1.29 is 4.79 Å². The van der Waals surface area contributed by atoms with Crippen LogP contribution >= 0.6 is 0 Å². The van der Waals surface area contributed by atoms with Gasteiger partial charge < -0.3 is 4.79 Å². The van der Waals surface area contributed by atoms with Gasteiger partial charge in [0.05, 0.1) is 0 Å². The van der Waals surface area contributed by atoms with Crippen LogP contribution in [0, 0.1) is 6.92 Å². The summed E-state index contributed by atoms with van der Waals surface area (Å²) in [6, 6.07) is 8.61. The number of aryl methyl sites for hydroxylation is 2. The first-order valence-electron chi connectivity index (χ1n) is 3.67. The lowest BCUT2D eigenvalue weighted by Crippen LogP contribution is -1.78. The molecular formula is C10H14O. The molecule has 1 aromatic carbocycles. The van der Waals surface area contributed by atoms with Gasteiger partial charge in [-0.3, -0.25) is 0 Å². The van der Waals surface area contributed by atoms with E-state index >= 15 is 0 Å². The molecule has 0 atom stereocenters. The van der Waals surface area contributed by atoms with Crippen LogP contribution in [-0.4, -0.2) is 6.79 Å². The molecule has 0 saturated heterocycles. The first-order chi connectivity index (χ1) is 5.33. The molecule has 0 aromatic heterocycles. The third kappa shape index (κ3) is 3.56. The van der Waals surface area contributed by atoms with Gasteiger partial charge in [-0.25, -0.2) is 0 Å². The topological polar surface area (TPSA) is 17.1 Å². The predicted octanol–water partition coefficient (Wildman–Crippen LogP) is 2.37. The van der Waals surface area contributed by atoms with Crippen LogP contribution in [0.25, 0.3) is 0 Å². The van der Waals surface area contributed by atoms with Crippen LogP contribution in [0.15, 0.2) is 24.3 Å². The van der Waals surface area contributed by atoms with Crippen molar-refractivity contribution in [3.63, 3.8) is 0 Å². The molecule has 0 spiro atoms. The summed E-state index contributed by atoms with van der Waals surface area (Å²) in [6.45, 7) is 6.30. The highest BCUT2D eigenvalue weighted by Crippen LogP contribution is 2.03. The molecule has 11 heavy (non-hydrogen) atoms. The SMILES string of the molecule is C=O.CCc1cccc(C)c1. The van der Waals surface area contributed by atoms with E-state index in [1.54, 1.807) is 0 Å². The summed E-state index contributed by atoms with van der Waals surface area (Å²) in [7, 11) is 0. The van der Waals surface area contributed by atoms with Crippen molar-refractivity contribution in [3.05, 3.63) is 35.4 Å². The van der Waals surface area contributed by atoms with Crippen LogP contribution in [0.5, 0.6) is 0 Å². The Balaban J connectivity index is 0.000000461. The van der Waals surface area contributed by atoms with Gasteiger partial charge in [-0.15, -0.1) is 0 Å². The first-order valence-corrected chi connectivity index (χ1v) is 3.67. The second kappa shape index (κ2) is 5.66. The summed E-state index contributed by atoms with van der Waals surface area (Å²) in [5.74, 6) is 0. The highest BCUT2D eigenvalue weighted by atomic mass is 16.1. The van der Waals surface area contributed by atoms with Gasteiger partial charge in [-0.05, 0) is 18.9 Å². The zero-order chi connectivity index (χ0) is 8.69. The molecule has 0 amide bonds. The summed E-state index contributed by atoms with van der Waals surface area (Å²) in [5.41, 5.74) is 2.78. The van der Waals surface area contributed by atoms with Gasteiger partial charge in [0, 0.05) is 0 Å². The Bertz CT molecular complexity index is 206. The van der Waals surface area contributed by atoms with E-state index in [2.05, 4.69) is 38.1 Å². The van der Waals surface area contributed by atoms with Gasteiger partial charge in [0.15, 0.2) is 0 Å². The molecule has 0 bridgehead atoms. The molecule has 60 valence electrons. The third-order valence-electron chi connectivity index (χ3n) is 1.49. The summed E-state index contributed by atoms with van der Waals surface area (Å²) in [6.07, 6.45) is 1.14. The molecule has 0 aliphatic carbocycles. The lowest BCUT2D eigenvalue weighted by molar-refractivity contribution is -0.0979. The highest BCUT2D eigenvalue weighted by molar-refractivity contribution is 5.21. The molecule has 1 heteroatoms. The van der Waals surface area contributed by atoms with E-state index in [4.69, 9.17) is 4.79 Å². The number of carbonyl (C=O) groups excluding carboxylic acids is 1. The van der Waals surface area contributed by atoms with Gasteiger partial charge in [0.1, 0.15) is 6.79 Å². The predicted molar refractivity (Wildman–Crippen MR) is 47.7 cm³/mol.